The molecular weight excluding hydrogens is 257 g/mol. The van der Waals surface area contributed by atoms with Crippen molar-refractivity contribution in [1.29, 1.82) is 0 Å². The van der Waals surface area contributed by atoms with Crippen LogP contribution in [0.4, 0.5) is 0 Å². The minimum atomic E-state index is 0.152. The number of rotatable bonds is 5. The molecule has 0 aliphatic rings. The average molecular weight is 276 g/mol. The Labute approximate surface area is 113 Å². The van der Waals surface area contributed by atoms with Gasteiger partial charge in [-0.2, -0.15) is 0 Å². The van der Waals surface area contributed by atoms with E-state index >= 15 is 0 Å². The summed E-state index contributed by atoms with van der Waals surface area (Å²) in [6.45, 7) is 8.01. The van der Waals surface area contributed by atoms with Crippen molar-refractivity contribution in [2.75, 3.05) is 13.2 Å². The molecule has 0 amide bonds. The van der Waals surface area contributed by atoms with Crippen LogP contribution in [0.3, 0.4) is 0 Å². The summed E-state index contributed by atoms with van der Waals surface area (Å²) in [5, 5.41) is 4.59. The fourth-order valence-corrected chi connectivity index (χ4v) is 1.84. The van der Waals surface area contributed by atoms with E-state index in [1.165, 1.54) is 0 Å². The molecule has 0 unspecified atom stereocenters. The van der Waals surface area contributed by atoms with Crippen LogP contribution in [0.5, 0.6) is 5.75 Å². The molecular formula is C13H19Cl2NO. The third-order valence-electron chi connectivity index (χ3n) is 2.08. The number of hydrogen-bond acceptors (Lipinski definition) is 2. The van der Waals surface area contributed by atoms with Crippen molar-refractivity contribution < 1.29 is 4.74 Å². The van der Waals surface area contributed by atoms with Crippen LogP contribution in [0.15, 0.2) is 18.2 Å². The van der Waals surface area contributed by atoms with Crippen molar-refractivity contribution >= 4 is 23.2 Å². The molecule has 96 valence electrons. The van der Waals surface area contributed by atoms with Crippen LogP contribution in [-0.4, -0.2) is 18.7 Å². The molecule has 0 saturated carbocycles. The molecule has 0 fully saturated rings. The molecule has 4 heteroatoms. The molecule has 1 N–H and O–H groups in total. The maximum atomic E-state index is 5.87. The summed E-state index contributed by atoms with van der Waals surface area (Å²) in [6.07, 6.45) is 0.946. The SMILES string of the molecule is CC(C)(C)NCCCOc1cc(Cl)cc(Cl)c1. The first-order chi connectivity index (χ1) is 7.87. The van der Waals surface area contributed by atoms with Gasteiger partial charge in [0.05, 0.1) is 6.61 Å². The Morgan fingerprint density at radius 1 is 1.12 bits per heavy atom. The Morgan fingerprint density at radius 2 is 1.71 bits per heavy atom. The van der Waals surface area contributed by atoms with Gasteiger partial charge in [0.2, 0.25) is 0 Å². The molecule has 1 aromatic rings. The lowest BCUT2D eigenvalue weighted by atomic mass is 10.1. The second kappa shape index (κ2) is 6.48. The van der Waals surface area contributed by atoms with Crippen LogP contribution < -0.4 is 10.1 Å². The van der Waals surface area contributed by atoms with Crippen LogP contribution in [0.1, 0.15) is 27.2 Å². The minimum Gasteiger partial charge on any atom is -0.493 e. The van der Waals surface area contributed by atoms with E-state index in [2.05, 4.69) is 26.1 Å². The summed E-state index contributed by atoms with van der Waals surface area (Å²) in [4.78, 5) is 0. The van der Waals surface area contributed by atoms with Crippen LogP contribution in [0.2, 0.25) is 10.0 Å². The number of ether oxygens (including phenoxy) is 1. The number of halogens is 2. The molecule has 0 aromatic heterocycles. The molecule has 0 aliphatic heterocycles. The van der Waals surface area contributed by atoms with E-state index in [-0.39, 0.29) is 5.54 Å². The van der Waals surface area contributed by atoms with Crippen molar-refractivity contribution in [2.24, 2.45) is 0 Å². The normalized spacial score (nSPS) is 11.6. The molecule has 0 radical (unpaired) electrons. The first-order valence-corrected chi connectivity index (χ1v) is 6.46. The lowest BCUT2D eigenvalue weighted by molar-refractivity contribution is 0.298. The highest BCUT2D eigenvalue weighted by Gasteiger charge is 2.07. The van der Waals surface area contributed by atoms with E-state index in [4.69, 9.17) is 27.9 Å². The summed E-state index contributed by atoms with van der Waals surface area (Å²) in [6, 6.07) is 5.23. The van der Waals surface area contributed by atoms with Gasteiger partial charge in [0.15, 0.2) is 0 Å². The second-order valence-electron chi connectivity index (χ2n) is 4.98. The molecule has 0 atom stereocenters. The number of nitrogens with one attached hydrogen (secondary N) is 1. The largest absolute Gasteiger partial charge is 0.493 e. The van der Waals surface area contributed by atoms with Crippen molar-refractivity contribution in [3.05, 3.63) is 28.2 Å². The fraction of sp³-hybridized carbons (Fsp3) is 0.538. The number of benzene rings is 1. The predicted molar refractivity (Wildman–Crippen MR) is 74.3 cm³/mol. The third-order valence-corrected chi connectivity index (χ3v) is 2.52. The van der Waals surface area contributed by atoms with Crippen LogP contribution in [-0.2, 0) is 0 Å². The predicted octanol–water partition coefficient (Wildman–Crippen LogP) is 4.15. The van der Waals surface area contributed by atoms with Gasteiger partial charge in [-0.3, -0.25) is 0 Å². The molecule has 0 aliphatic carbocycles. The Bertz CT molecular complexity index is 341. The van der Waals surface area contributed by atoms with E-state index in [1.807, 2.05) is 0 Å². The van der Waals surface area contributed by atoms with Crippen molar-refractivity contribution in [1.82, 2.24) is 5.32 Å². The van der Waals surface area contributed by atoms with Crippen LogP contribution >= 0.6 is 23.2 Å². The van der Waals surface area contributed by atoms with Gasteiger partial charge in [-0.15, -0.1) is 0 Å². The van der Waals surface area contributed by atoms with Gasteiger partial charge in [-0.05, 0) is 51.9 Å². The van der Waals surface area contributed by atoms with Gasteiger partial charge in [-0.25, -0.2) is 0 Å². The zero-order valence-electron chi connectivity index (χ0n) is 10.5. The highest BCUT2D eigenvalue weighted by Crippen LogP contribution is 2.24. The molecule has 0 heterocycles. The smallest absolute Gasteiger partial charge is 0.122 e. The lowest BCUT2D eigenvalue weighted by Gasteiger charge is -2.20. The summed E-state index contributed by atoms with van der Waals surface area (Å²) in [5.74, 6) is 0.721. The molecule has 0 bridgehead atoms. The van der Waals surface area contributed by atoms with Gasteiger partial charge in [-0.1, -0.05) is 23.2 Å². The molecule has 1 aromatic carbocycles. The average Bonchev–Trinajstić information content (AvgIpc) is 2.13. The van der Waals surface area contributed by atoms with Gasteiger partial charge >= 0.3 is 0 Å². The molecule has 0 spiro atoms. The molecule has 0 saturated heterocycles. The first kappa shape index (κ1) is 14.6. The molecule has 2 nitrogen and oxygen atoms in total. The summed E-state index contributed by atoms with van der Waals surface area (Å²) in [5.41, 5.74) is 0.152. The van der Waals surface area contributed by atoms with Gasteiger partial charge in [0, 0.05) is 15.6 Å². The zero-order valence-corrected chi connectivity index (χ0v) is 12.0. The van der Waals surface area contributed by atoms with E-state index in [0.29, 0.717) is 16.7 Å². The van der Waals surface area contributed by atoms with Crippen molar-refractivity contribution in [3.8, 4) is 5.75 Å². The Balaban J connectivity index is 2.27. The standard InChI is InChI=1S/C13H19Cl2NO/c1-13(2,3)16-5-4-6-17-12-8-10(14)7-11(15)9-12/h7-9,16H,4-6H2,1-3H3. The van der Waals surface area contributed by atoms with E-state index < -0.39 is 0 Å². The minimum absolute atomic E-state index is 0.152. The summed E-state index contributed by atoms with van der Waals surface area (Å²) >= 11 is 11.7. The van der Waals surface area contributed by atoms with E-state index in [1.54, 1.807) is 18.2 Å². The lowest BCUT2D eigenvalue weighted by Crippen LogP contribution is -2.36. The monoisotopic (exact) mass is 275 g/mol. The van der Waals surface area contributed by atoms with E-state index in [0.717, 1.165) is 18.7 Å². The highest BCUT2D eigenvalue weighted by atomic mass is 35.5. The first-order valence-electron chi connectivity index (χ1n) is 5.71. The Hall–Kier alpha value is -0.440. The quantitative estimate of drug-likeness (QED) is 0.816. The van der Waals surface area contributed by atoms with E-state index in [9.17, 15) is 0 Å². The maximum Gasteiger partial charge on any atom is 0.122 e. The second-order valence-corrected chi connectivity index (χ2v) is 5.86. The molecule has 1 rings (SSSR count). The fourth-order valence-electron chi connectivity index (χ4n) is 1.34. The summed E-state index contributed by atoms with van der Waals surface area (Å²) < 4.78 is 5.57. The van der Waals surface area contributed by atoms with Gasteiger partial charge in [0.25, 0.3) is 0 Å². The third kappa shape index (κ3) is 6.77. The van der Waals surface area contributed by atoms with Crippen molar-refractivity contribution in [3.63, 3.8) is 0 Å². The zero-order chi connectivity index (χ0) is 12.9. The molecule has 17 heavy (non-hydrogen) atoms. The highest BCUT2D eigenvalue weighted by molar-refractivity contribution is 6.34. The Kier molecular flexibility index (Phi) is 5.57. The summed E-state index contributed by atoms with van der Waals surface area (Å²) in [7, 11) is 0. The van der Waals surface area contributed by atoms with Crippen LogP contribution in [0.25, 0.3) is 0 Å². The maximum absolute atomic E-state index is 5.87. The van der Waals surface area contributed by atoms with Crippen molar-refractivity contribution in [2.45, 2.75) is 32.7 Å². The van der Waals surface area contributed by atoms with Gasteiger partial charge in [0.1, 0.15) is 5.75 Å². The van der Waals surface area contributed by atoms with Gasteiger partial charge < -0.3 is 10.1 Å². The topological polar surface area (TPSA) is 21.3 Å². The Morgan fingerprint density at radius 3 is 2.24 bits per heavy atom. The van der Waals surface area contributed by atoms with Crippen LogP contribution in [0, 0.1) is 0 Å². The number of hydrogen-bond donors (Lipinski definition) is 1.